The van der Waals surface area contributed by atoms with Gasteiger partial charge in [-0.1, -0.05) is 90.5 Å². The van der Waals surface area contributed by atoms with Crippen molar-refractivity contribution in [2.24, 2.45) is 0 Å². The van der Waals surface area contributed by atoms with E-state index in [1.165, 1.54) is 0 Å². The molecule has 0 radical (unpaired) electrons. The van der Waals surface area contributed by atoms with Gasteiger partial charge in [-0.2, -0.15) is 0 Å². The van der Waals surface area contributed by atoms with Gasteiger partial charge in [-0.3, -0.25) is 4.79 Å². The highest BCUT2D eigenvalue weighted by atomic mass is 35.5. The lowest BCUT2D eigenvalue weighted by Gasteiger charge is -2.21. The van der Waals surface area contributed by atoms with Gasteiger partial charge in [-0.05, 0) is 29.7 Å². The van der Waals surface area contributed by atoms with Crippen LogP contribution in [0.4, 0.5) is 0 Å². The summed E-state index contributed by atoms with van der Waals surface area (Å²) < 4.78 is 0. The van der Waals surface area contributed by atoms with E-state index in [1.807, 2.05) is 91.9 Å². The van der Waals surface area contributed by atoms with Crippen LogP contribution in [-0.2, 0) is 4.79 Å². The zero-order chi connectivity index (χ0) is 19.1. The molecule has 1 amide bonds. The molecule has 0 aliphatic carbocycles. The van der Waals surface area contributed by atoms with Crippen molar-refractivity contribution in [3.8, 4) is 0 Å². The molecule has 1 atom stereocenters. The maximum Gasteiger partial charge on any atom is 0.234 e. The topological polar surface area (TPSA) is 41.1 Å². The summed E-state index contributed by atoms with van der Waals surface area (Å²) in [6, 6.07) is 27.4. The number of carbonyl (C=O) groups is 1. The molecule has 0 aliphatic heterocycles. The van der Waals surface area contributed by atoms with Gasteiger partial charge in [-0.25, -0.2) is 0 Å². The first-order valence-corrected chi connectivity index (χ1v) is 9.40. The maximum absolute atomic E-state index is 12.6. The molecule has 27 heavy (non-hydrogen) atoms. The first kappa shape index (κ1) is 19.2. The molecule has 0 saturated heterocycles. The molecule has 0 fully saturated rings. The second kappa shape index (κ2) is 9.36. The number of hydrogen-bond donors (Lipinski definition) is 2. The van der Waals surface area contributed by atoms with Crippen molar-refractivity contribution in [2.75, 3.05) is 6.54 Å². The number of nitrogens with one attached hydrogen (secondary N) is 2. The monoisotopic (exact) mass is 378 g/mol. The third kappa shape index (κ3) is 5.19. The van der Waals surface area contributed by atoms with Crippen LogP contribution in [0.3, 0.4) is 0 Å². The molecule has 0 aliphatic rings. The Balaban J connectivity index is 1.67. The molecule has 3 aromatic rings. The number of benzene rings is 3. The summed E-state index contributed by atoms with van der Waals surface area (Å²) in [5.74, 6) is -0.0633. The molecule has 0 saturated carbocycles. The van der Waals surface area contributed by atoms with Crippen LogP contribution >= 0.6 is 11.6 Å². The summed E-state index contributed by atoms with van der Waals surface area (Å²) in [6.07, 6.45) is 0. The molecule has 0 bridgehead atoms. The zero-order valence-corrected chi connectivity index (χ0v) is 16.0. The van der Waals surface area contributed by atoms with E-state index in [9.17, 15) is 4.79 Å². The van der Waals surface area contributed by atoms with E-state index >= 15 is 0 Å². The zero-order valence-electron chi connectivity index (χ0n) is 15.2. The minimum absolute atomic E-state index is 0.0173. The van der Waals surface area contributed by atoms with Gasteiger partial charge >= 0.3 is 0 Å². The molecular formula is C23H23ClN2O. The number of hydrogen-bond acceptors (Lipinski definition) is 2. The Morgan fingerprint density at radius 3 is 1.93 bits per heavy atom. The van der Waals surface area contributed by atoms with E-state index in [0.29, 0.717) is 5.02 Å². The third-order valence-electron chi connectivity index (χ3n) is 4.51. The Labute approximate surface area is 165 Å². The van der Waals surface area contributed by atoms with Gasteiger partial charge in [0.2, 0.25) is 5.91 Å². The van der Waals surface area contributed by atoms with Crippen molar-refractivity contribution >= 4 is 17.5 Å². The third-order valence-corrected chi connectivity index (χ3v) is 4.86. The molecule has 138 valence electrons. The highest BCUT2D eigenvalue weighted by molar-refractivity contribution is 6.31. The second-order valence-electron chi connectivity index (χ2n) is 6.45. The van der Waals surface area contributed by atoms with Gasteiger partial charge < -0.3 is 10.6 Å². The average molecular weight is 379 g/mol. The van der Waals surface area contributed by atoms with Crippen LogP contribution in [0.1, 0.15) is 35.7 Å². The number of rotatable bonds is 7. The normalized spacial score (nSPS) is 12.0. The van der Waals surface area contributed by atoms with E-state index in [4.69, 9.17) is 11.6 Å². The summed E-state index contributed by atoms with van der Waals surface area (Å²) in [7, 11) is 0. The Morgan fingerprint density at radius 1 is 0.852 bits per heavy atom. The van der Waals surface area contributed by atoms with Crippen LogP contribution in [0.25, 0.3) is 0 Å². The van der Waals surface area contributed by atoms with Crippen molar-refractivity contribution < 1.29 is 4.79 Å². The first-order valence-electron chi connectivity index (χ1n) is 9.02. The Bertz CT molecular complexity index is 828. The van der Waals surface area contributed by atoms with Crippen LogP contribution in [-0.4, -0.2) is 12.5 Å². The predicted octanol–water partition coefficient (Wildman–Crippen LogP) is 4.90. The van der Waals surface area contributed by atoms with Gasteiger partial charge in [0, 0.05) is 11.1 Å². The molecular weight excluding hydrogens is 356 g/mol. The highest BCUT2D eigenvalue weighted by Crippen LogP contribution is 2.23. The summed E-state index contributed by atoms with van der Waals surface area (Å²) >= 11 is 6.24. The summed E-state index contributed by atoms with van der Waals surface area (Å²) in [6.45, 7) is 2.21. The first-order chi connectivity index (χ1) is 13.1. The van der Waals surface area contributed by atoms with Gasteiger partial charge in [-0.15, -0.1) is 0 Å². The quantitative estimate of drug-likeness (QED) is 0.614. The smallest absolute Gasteiger partial charge is 0.234 e. The lowest BCUT2D eigenvalue weighted by molar-refractivity contribution is -0.120. The van der Waals surface area contributed by atoms with E-state index in [-0.39, 0.29) is 24.5 Å². The lowest BCUT2D eigenvalue weighted by atomic mass is 9.99. The molecule has 3 rings (SSSR count). The fourth-order valence-electron chi connectivity index (χ4n) is 3.04. The highest BCUT2D eigenvalue weighted by Gasteiger charge is 2.17. The van der Waals surface area contributed by atoms with Crippen molar-refractivity contribution in [2.45, 2.75) is 19.0 Å². The lowest BCUT2D eigenvalue weighted by Crippen LogP contribution is -2.37. The minimum Gasteiger partial charge on any atom is -0.344 e. The van der Waals surface area contributed by atoms with Crippen molar-refractivity contribution in [1.29, 1.82) is 0 Å². The van der Waals surface area contributed by atoms with E-state index in [2.05, 4.69) is 10.6 Å². The predicted molar refractivity (Wildman–Crippen MR) is 111 cm³/mol. The minimum atomic E-state index is -0.183. The standard InChI is InChI=1S/C23H23ClN2O/c1-17(20-14-8-9-15-21(20)24)25-16-22(27)26-23(18-10-4-2-5-11-18)19-12-6-3-7-13-19/h2-15,17,23,25H,16H2,1H3,(H,26,27)/t17-/m0/s1. The van der Waals surface area contributed by atoms with Gasteiger partial charge in [0.1, 0.15) is 0 Å². The van der Waals surface area contributed by atoms with Gasteiger partial charge in [0.15, 0.2) is 0 Å². The molecule has 3 nitrogen and oxygen atoms in total. The van der Waals surface area contributed by atoms with Crippen molar-refractivity contribution in [3.05, 3.63) is 107 Å². The fraction of sp³-hybridized carbons (Fsp3) is 0.174. The Hall–Kier alpha value is -2.62. The second-order valence-corrected chi connectivity index (χ2v) is 6.85. The maximum atomic E-state index is 12.6. The number of carbonyl (C=O) groups excluding carboxylic acids is 1. The summed E-state index contributed by atoms with van der Waals surface area (Å²) in [5, 5.41) is 7.09. The SMILES string of the molecule is C[C@H](NCC(=O)NC(c1ccccc1)c1ccccc1)c1ccccc1Cl. The van der Waals surface area contributed by atoms with Crippen LogP contribution in [0.15, 0.2) is 84.9 Å². The molecule has 0 aromatic heterocycles. The van der Waals surface area contributed by atoms with Gasteiger partial charge in [0.25, 0.3) is 0 Å². The van der Waals surface area contributed by atoms with Crippen LogP contribution in [0.5, 0.6) is 0 Å². The van der Waals surface area contributed by atoms with E-state index in [0.717, 1.165) is 16.7 Å². The van der Waals surface area contributed by atoms with Crippen molar-refractivity contribution in [1.82, 2.24) is 10.6 Å². The molecule has 4 heteroatoms. The van der Waals surface area contributed by atoms with Gasteiger partial charge in [0.05, 0.1) is 12.6 Å². The Morgan fingerprint density at radius 2 is 1.37 bits per heavy atom. The Kier molecular flexibility index (Phi) is 6.64. The average Bonchev–Trinajstić information content (AvgIpc) is 2.72. The van der Waals surface area contributed by atoms with E-state index < -0.39 is 0 Å². The molecule has 0 spiro atoms. The molecule has 2 N–H and O–H groups in total. The summed E-state index contributed by atoms with van der Waals surface area (Å²) in [4.78, 5) is 12.6. The molecule has 0 heterocycles. The van der Waals surface area contributed by atoms with Crippen molar-refractivity contribution in [3.63, 3.8) is 0 Å². The number of amides is 1. The number of halogens is 1. The largest absolute Gasteiger partial charge is 0.344 e. The molecule has 0 unspecified atom stereocenters. The van der Waals surface area contributed by atoms with E-state index in [1.54, 1.807) is 0 Å². The van der Waals surface area contributed by atoms with Crippen LogP contribution in [0, 0.1) is 0 Å². The summed E-state index contributed by atoms with van der Waals surface area (Å²) in [5.41, 5.74) is 3.09. The molecule has 3 aromatic carbocycles. The van der Waals surface area contributed by atoms with Crippen LogP contribution < -0.4 is 10.6 Å². The fourth-order valence-corrected chi connectivity index (χ4v) is 3.34. The van der Waals surface area contributed by atoms with Crippen LogP contribution in [0.2, 0.25) is 5.02 Å².